The summed E-state index contributed by atoms with van der Waals surface area (Å²) in [7, 11) is 0. The molecule has 1 aliphatic rings. The lowest BCUT2D eigenvalue weighted by atomic mass is 9.80. The predicted octanol–water partition coefficient (Wildman–Crippen LogP) is 19.6. The van der Waals surface area contributed by atoms with Gasteiger partial charge in [-0.05, 0) is 163 Å². The molecule has 11 aromatic rings. The molecule has 0 fully saturated rings. The van der Waals surface area contributed by atoms with Gasteiger partial charge in [-0.3, -0.25) is 4.57 Å². The van der Waals surface area contributed by atoms with Gasteiger partial charge in [0.2, 0.25) is 0 Å². The first-order valence-corrected chi connectivity index (χ1v) is 26.8. The average molecular weight is 997 g/mol. The van der Waals surface area contributed by atoms with Crippen molar-refractivity contribution >= 4 is 66.5 Å². The summed E-state index contributed by atoms with van der Waals surface area (Å²) in [4.78, 5) is 9.96. The van der Waals surface area contributed by atoms with Crippen LogP contribution >= 0.6 is 0 Å². The number of pyridine rings is 1. The second-order valence-corrected chi connectivity index (χ2v) is 25.1. The number of hydrogen-bond acceptors (Lipinski definition) is 5. The smallest absolute Gasteiger partial charge is 0.137 e. The van der Waals surface area contributed by atoms with Gasteiger partial charge >= 0.3 is 0 Å². The number of furan rings is 1. The number of benzene rings is 8. The van der Waals surface area contributed by atoms with Gasteiger partial charge in [0.1, 0.15) is 35.2 Å². The van der Waals surface area contributed by atoms with Crippen molar-refractivity contribution in [2.75, 3.05) is 16.5 Å². The Morgan fingerprint density at radius 3 is 1.75 bits per heavy atom. The molecule has 380 valence electrons. The maximum atomic E-state index is 6.93. The predicted molar refractivity (Wildman–Crippen MR) is 320 cm³/mol. The van der Waals surface area contributed by atoms with Crippen molar-refractivity contribution in [1.82, 2.24) is 9.55 Å². The van der Waals surface area contributed by atoms with Crippen molar-refractivity contribution in [3.05, 3.63) is 204 Å². The topological polar surface area (TPSA) is 46.7 Å². The summed E-state index contributed by atoms with van der Waals surface area (Å²) in [5.41, 5.74) is 18.2. The van der Waals surface area contributed by atoms with Crippen LogP contribution in [0.25, 0.3) is 71.8 Å². The molecular weight excluding hydrogens is 929 g/mol. The van der Waals surface area contributed by atoms with Crippen LogP contribution in [0.1, 0.15) is 105 Å². The van der Waals surface area contributed by atoms with E-state index in [-0.39, 0.29) is 21.7 Å². The highest BCUT2D eigenvalue weighted by atomic mass is 16.5. The molecule has 4 heterocycles. The fraction of sp³-hybridized carbons (Fsp3) is 0.243. The van der Waals surface area contributed by atoms with Crippen LogP contribution in [0.3, 0.4) is 0 Å². The lowest BCUT2D eigenvalue weighted by Crippen LogP contribution is -2.25. The van der Waals surface area contributed by atoms with Gasteiger partial charge in [-0.2, -0.15) is 0 Å². The van der Waals surface area contributed by atoms with Crippen LogP contribution in [0, 0.1) is 0 Å². The molecule has 0 N–H and O–H groups in total. The zero-order valence-electron chi connectivity index (χ0n) is 46.1. The average Bonchev–Trinajstić information content (AvgIpc) is 4.09. The molecule has 0 saturated carbocycles. The third-order valence-corrected chi connectivity index (χ3v) is 15.5. The monoisotopic (exact) mass is 997 g/mol. The Kier molecular flexibility index (Phi) is 11.4. The Morgan fingerprint density at radius 1 is 0.395 bits per heavy atom. The van der Waals surface area contributed by atoms with E-state index in [4.69, 9.17) is 14.1 Å². The summed E-state index contributed by atoms with van der Waals surface area (Å²) in [6.07, 6.45) is 1.94. The van der Waals surface area contributed by atoms with Crippen LogP contribution in [0.5, 0.6) is 11.5 Å². The van der Waals surface area contributed by atoms with Crippen molar-refractivity contribution in [3.63, 3.8) is 0 Å². The van der Waals surface area contributed by atoms with E-state index in [1.165, 1.54) is 39.3 Å². The lowest BCUT2D eigenvalue weighted by molar-refractivity contribution is 0.483. The number of rotatable bonds is 7. The Labute approximate surface area is 448 Å². The Hall–Kier alpha value is -8.09. The molecule has 12 rings (SSSR count). The van der Waals surface area contributed by atoms with Gasteiger partial charge in [0.15, 0.2) is 0 Å². The molecule has 76 heavy (non-hydrogen) atoms. The quantitative estimate of drug-likeness (QED) is 0.159. The number of hydrogen-bond donors (Lipinski definition) is 0. The zero-order chi connectivity index (χ0) is 53.1. The molecule has 0 atom stereocenters. The molecule has 3 aromatic heterocycles. The molecule has 6 nitrogen and oxygen atoms in total. The number of ether oxygens (including phenoxy) is 1. The highest BCUT2D eigenvalue weighted by Crippen LogP contribution is 2.48. The van der Waals surface area contributed by atoms with Gasteiger partial charge in [-0.25, -0.2) is 4.98 Å². The first kappa shape index (κ1) is 48.8. The molecule has 0 bridgehead atoms. The first-order chi connectivity index (χ1) is 36.1. The van der Waals surface area contributed by atoms with Crippen molar-refractivity contribution in [2.24, 2.45) is 0 Å². The van der Waals surface area contributed by atoms with Gasteiger partial charge in [-0.1, -0.05) is 150 Å². The molecule has 0 spiro atoms. The lowest BCUT2D eigenvalue weighted by Gasteiger charge is -2.29. The maximum absolute atomic E-state index is 6.93. The van der Waals surface area contributed by atoms with Crippen LogP contribution in [-0.2, 0) is 21.7 Å². The minimum Gasteiger partial charge on any atom is -0.457 e. The van der Waals surface area contributed by atoms with Crippen molar-refractivity contribution in [3.8, 4) is 39.6 Å². The Morgan fingerprint density at radius 2 is 1.01 bits per heavy atom. The molecule has 0 amide bonds. The fourth-order valence-electron chi connectivity index (χ4n) is 10.9. The second kappa shape index (κ2) is 17.8. The van der Waals surface area contributed by atoms with Crippen molar-refractivity contribution in [1.29, 1.82) is 0 Å². The fourth-order valence-corrected chi connectivity index (χ4v) is 10.9. The molecule has 1 aliphatic heterocycles. The van der Waals surface area contributed by atoms with E-state index in [1.807, 2.05) is 18.3 Å². The largest absolute Gasteiger partial charge is 0.457 e. The molecule has 0 radical (unpaired) electrons. The normalized spacial score (nSPS) is 13.4. The van der Waals surface area contributed by atoms with E-state index in [0.29, 0.717) is 6.67 Å². The summed E-state index contributed by atoms with van der Waals surface area (Å²) >= 11 is 0. The minimum atomic E-state index is -0.0591. The summed E-state index contributed by atoms with van der Waals surface area (Å²) in [5.74, 6) is 2.39. The third-order valence-electron chi connectivity index (χ3n) is 15.5. The van der Waals surface area contributed by atoms with Crippen LogP contribution in [0.15, 0.2) is 187 Å². The van der Waals surface area contributed by atoms with Crippen LogP contribution in [0.2, 0.25) is 0 Å². The Balaban J connectivity index is 0.919. The highest BCUT2D eigenvalue weighted by Gasteiger charge is 2.32. The van der Waals surface area contributed by atoms with Crippen LogP contribution in [0.4, 0.5) is 22.7 Å². The van der Waals surface area contributed by atoms with Crippen LogP contribution < -0.4 is 14.5 Å². The Bertz CT molecular complexity index is 4040. The van der Waals surface area contributed by atoms with Gasteiger partial charge in [0.25, 0.3) is 0 Å². The van der Waals surface area contributed by atoms with E-state index in [9.17, 15) is 0 Å². The van der Waals surface area contributed by atoms with Gasteiger partial charge < -0.3 is 19.0 Å². The first-order valence-electron chi connectivity index (χ1n) is 26.8. The SMILES string of the molecule is CC(C)(C)c1cc(N2CN(c3cccc(Oc4ccc5c6cc(-c7cccc(-c8ccc9c(c8)oc8ccccc89)c7)ccc6n(-c6cc(C(C)(C)C)ccn6)c5c4)c3)c3ccc(C(C)(C)C)cc32)cc(C(C)(C)C)c1. The number of anilines is 4. The van der Waals surface area contributed by atoms with Gasteiger partial charge in [0, 0.05) is 51.2 Å². The van der Waals surface area contributed by atoms with E-state index in [1.54, 1.807) is 0 Å². The molecule has 8 aromatic carbocycles. The molecule has 6 heteroatoms. The van der Waals surface area contributed by atoms with E-state index in [0.717, 1.165) is 89.0 Å². The van der Waals surface area contributed by atoms with E-state index in [2.05, 4.69) is 261 Å². The van der Waals surface area contributed by atoms with Crippen LogP contribution in [-0.4, -0.2) is 16.2 Å². The summed E-state index contributed by atoms with van der Waals surface area (Å²) in [6, 6.07) is 64.1. The van der Waals surface area contributed by atoms with E-state index >= 15 is 0 Å². The summed E-state index contributed by atoms with van der Waals surface area (Å²) in [6.45, 7) is 28.2. The van der Waals surface area contributed by atoms with Crippen molar-refractivity contribution in [2.45, 2.75) is 105 Å². The zero-order valence-corrected chi connectivity index (χ0v) is 46.1. The summed E-state index contributed by atoms with van der Waals surface area (Å²) < 4.78 is 15.5. The van der Waals surface area contributed by atoms with Crippen molar-refractivity contribution < 1.29 is 9.15 Å². The molecule has 0 saturated heterocycles. The molecule has 0 aliphatic carbocycles. The van der Waals surface area contributed by atoms with Gasteiger partial charge in [-0.15, -0.1) is 0 Å². The molecular formula is C70H68N4O2. The number of para-hydroxylation sites is 1. The second-order valence-electron chi connectivity index (χ2n) is 25.1. The third kappa shape index (κ3) is 8.87. The van der Waals surface area contributed by atoms with E-state index < -0.39 is 0 Å². The molecule has 0 unspecified atom stereocenters. The minimum absolute atomic E-state index is 0.00757. The number of nitrogens with zero attached hydrogens (tertiary/aromatic N) is 4. The number of aromatic nitrogens is 2. The standard InChI is InChI=1S/C70H68N4O2/c1-67(2,3)48-25-30-61-63(39-48)73(53-37-50(69(7,8)9)36-51(38-53)70(10,11)12)43-72(61)52-19-16-20-54(41-52)75-55-26-28-56-59-34-46(24-29-60(59)74(62(56)42-55)66-40-49(31-32-71-66)68(4,5)6)44-17-15-18-45(33-44)47-23-27-58-57-21-13-14-22-64(57)76-65(58)35-47/h13-42H,43H2,1-12H3. The highest BCUT2D eigenvalue weighted by molar-refractivity contribution is 6.11. The van der Waals surface area contributed by atoms with Gasteiger partial charge in [0.05, 0.1) is 22.4 Å². The number of fused-ring (bicyclic) bond motifs is 7. The summed E-state index contributed by atoms with van der Waals surface area (Å²) in [5, 5.41) is 4.54. The maximum Gasteiger partial charge on any atom is 0.137 e.